The second-order valence-electron chi connectivity index (χ2n) is 14.1. The third kappa shape index (κ3) is 12.5. The van der Waals surface area contributed by atoms with E-state index in [4.69, 9.17) is 9.16 Å². The summed E-state index contributed by atoms with van der Waals surface area (Å²) in [6.45, 7) is 28.1. The Bertz CT molecular complexity index is 770. The molecule has 0 radical (unpaired) electrons. The molecule has 2 unspecified atom stereocenters. The number of amides is 2. The normalized spacial score (nSPS) is 16.9. The third-order valence-corrected chi connectivity index (χ3v) is 12.0. The zero-order chi connectivity index (χ0) is 30.2. The van der Waals surface area contributed by atoms with Crippen molar-refractivity contribution in [2.75, 3.05) is 0 Å². The molecular formula is C29H58N2O6Si. The maximum absolute atomic E-state index is 13.5. The highest BCUT2D eigenvalue weighted by Crippen LogP contribution is 2.39. The van der Waals surface area contributed by atoms with Gasteiger partial charge in [0.15, 0.2) is 8.32 Å². The van der Waals surface area contributed by atoms with Crippen molar-refractivity contribution in [3.63, 3.8) is 0 Å². The fourth-order valence-corrected chi connectivity index (χ4v) is 5.37. The molecule has 224 valence electrons. The molecule has 0 bridgehead atoms. The standard InChI is InChI=1S/C29H58N2O6Si/c1-15-20(6)24(26(33)34)31-25(32)21(19(4)5)17-23(37-38(13,14)29(10,11)12)22(16-18(2)3)30-27(35)36-28(7,8)9/h18-24H,15-17H2,1-14H3,(H,30,35)(H,31,32)(H,33,34)/t20-,21-,22?,23?,24-/m0/s1. The van der Waals surface area contributed by atoms with E-state index in [0.29, 0.717) is 19.3 Å². The summed E-state index contributed by atoms with van der Waals surface area (Å²) in [6, 6.07) is -1.34. The summed E-state index contributed by atoms with van der Waals surface area (Å²) in [5.74, 6) is -1.83. The zero-order valence-corrected chi connectivity index (χ0v) is 27.7. The molecule has 0 saturated carbocycles. The molecule has 0 heterocycles. The van der Waals surface area contributed by atoms with Crippen LogP contribution >= 0.6 is 0 Å². The first-order chi connectivity index (χ1) is 17.0. The second kappa shape index (κ2) is 14.7. The van der Waals surface area contributed by atoms with Crippen LogP contribution in [0.15, 0.2) is 0 Å². The highest BCUT2D eigenvalue weighted by Gasteiger charge is 2.43. The highest BCUT2D eigenvalue weighted by molar-refractivity contribution is 6.74. The summed E-state index contributed by atoms with van der Waals surface area (Å²) in [7, 11) is -2.31. The lowest BCUT2D eigenvalue weighted by atomic mass is 9.85. The third-order valence-electron chi connectivity index (χ3n) is 7.53. The van der Waals surface area contributed by atoms with Gasteiger partial charge in [-0.1, -0.05) is 68.7 Å². The van der Waals surface area contributed by atoms with Gasteiger partial charge in [0.25, 0.3) is 0 Å². The lowest BCUT2D eigenvalue weighted by Gasteiger charge is -2.43. The number of rotatable bonds is 14. The number of ether oxygens (including phenoxy) is 1. The largest absolute Gasteiger partial charge is 0.480 e. The van der Waals surface area contributed by atoms with Crippen molar-refractivity contribution in [2.45, 2.75) is 144 Å². The Labute approximate surface area is 233 Å². The van der Waals surface area contributed by atoms with Gasteiger partial charge in [0, 0.05) is 5.92 Å². The molecule has 5 atom stereocenters. The van der Waals surface area contributed by atoms with Crippen LogP contribution in [0.25, 0.3) is 0 Å². The predicted octanol–water partition coefficient (Wildman–Crippen LogP) is 6.59. The number of carbonyl (C=O) groups excluding carboxylic acids is 2. The van der Waals surface area contributed by atoms with Crippen molar-refractivity contribution in [2.24, 2.45) is 23.7 Å². The van der Waals surface area contributed by atoms with E-state index in [-0.39, 0.29) is 34.7 Å². The molecule has 0 aromatic heterocycles. The van der Waals surface area contributed by atoms with E-state index in [0.717, 1.165) is 0 Å². The Kier molecular flexibility index (Phi) is 14.1. The average molecular weight is 559 g/mol. The van der Waals surface area contributed by atoms with Crippen LogP contribution < -0.4 is 10.6 Å². The molecule has 0 fully saturated rings. The minimum absolute atomic E-state index is 0.0619. The fraction of sp³-hybridized carbons (Fsp3) is 0.897. The lowest BCUT2D eigenvalue weighted by molar-refractivity contribution is -0.144. The van der Waals surface area contributed by atoms with E-state index in [1.165, 1.54) is 0 Å². The van der Waals surface area contributed by atoms with E-state index in [9.17, 15) is 19.5 Å². The van der Waals surface area contributed by atoms with Crippen LogP contribution in [0.4, 0.5) is 4.79 Å². The van der Waals surface area contributed by atoms with Crippen molar-refractivity contribution >= 4 is 26.3 Å². The van der Waals surface area contributed by atoms with Crippen molar-refractivity contribution in [3.8, 4) is 0 Å². The number of hydrogen-bond donors (Lipinski definition) is 3. The van der Waals surface area contributed by atoms with E-state index in [2.05, 4.69) is 58.3 Å². The molecule has 0 spiro atoms. The minimum Gasteiger partial charge on any atom is -0.480 e. The van der Waals surface area contributed by atoms with E-state index in [1.54, 1.807) is 0 Å². The van der Waals surface area contributed by atoms with Crippen molar-refractivity contribution in [1.82, 2.24) is 10.6 Å². The van der Waals surface area contributed by atoms with Gasteiger partial charge in [0.05, 0.1) is 12.1 Å². The van der Waals surface area contributed by atoms with Gasteiger partial charge in [-0.05, 0) is 69.5 Å². The van der Waals surface area contributed by atoms with Crippen molar-refractivity contribution < 1.29 is 28.7 Å². The Morgan fingerprint density at radius 3 is 1.79 bits per heavy atom. The summed E-state index contributed by atoms with van der Waals surface area (Å²) in [6.07, 6.45) is 0.680. The van der Waals surface area contributed by atoms with E-state index in [1.807, 2.05) is 48.5 Å². The first kappa shape index (κ1) is 36.4. The van der Waals surface area contributed by atoms with Gasteiger partial charge in [0.2, 0.25) is 5.91 Å². The molecule has 38 heavy (non-hydrogen) atoms. The molecule has 2 amide bonds. The molecule has 0 aliphatic rings. The van der Waals surface area contributed by atoms with Crippen LogP contribution in [-0.4, -0.2) is 55.2 Å². The molecule has 0 aliphatic carbocycles. The molecule has 9 heteroatoms. The van der Waals surface area contributed by atoms with Crippen LogP contribution in [0.5, 0.6) is 0 Å². The number of carboxylic acid groups (broad SMARTS) is 1. The number of carboxylic acids is 1. The predicted molar refractivity (Wildman–Crippen MR) is 157 cm³/mol. The number of alkyl carbamates (subject to hydrolysis) is 1. The van der Waals surface area contributed by atoms with Gasteiger partial charge in [-0.2, -0.15) is 0 Å². The van der Waals surface area contributed by atoms with E-state index >= 15 is 0 Å². The second-order valence-corrected chi connectivity index (χ2v) is 18.9. The molecule has 8 nitrogen and oxygen atoms in total. The number of hydrogen-bond acceptors (Lipinski definition) is 5. The first-order valence-corrected chi connectivity index (χ1v) is 17.1. The lowest BCUT2D eigenvalue weighted by Crippen LogP contribution is -2.55. The van der Waals surface area contributed by atoms with Crippen LogP contribution in [-0.2, 0) is 18.8 Å². The first-order valence-electron chi connectivity index (χ1n) is 14.2. The Morgan fingerprint density at radius 1 is 0.895 bits per heavy atom. The molecule has 0 rings (SSSR count). The monoisotopic (exact) mass is 558 g/mol. The fourth-order valence-electron chi connectivity index (χ4n) is 4.00. The van der Waals surface area contributed by atoms with Gasteiger partial charge in [-0.3, -0.25) is 4.79 Å². The van der Waals surface area contributed by atoms with Gasteiger partial charge in [-0.15, -0.1) is 0 Å². The minimum atomic E-state index is -2.31. The van der Waals surface area contributed by atoms with Crippen LogP contribution in [0.3, 0.4) is 0 Å². The average Bonchev–Trinajstić information content (AvgIpc) is 2.70. The van der Waals surface area contributed by atoms with Crippen LogP contribution in [0, 0.1) is 23.7 Å². The molecule has 0 saturated heterocycles. The van der Waals surface area contributed by atoms with Crippen LogP contribution in [0.2, 0.25) is 18.1 Å². The maximum atomic E-state index is 13.5. The van der Waals surface area contributed by atoms with Gasteiger partial charge in [0.1, 0.15) is 11.6 Å². The summed E-state index contributed by atoms with van der Waals surface area (Å²) in [5.41, 5.74) is -0.648. The summed E-state index contributed by atoms with van der Waals surface area (Å²) in [4.78, 5) is 38.3. The van der Waals surface area contributed by atoms with Crippen molar-refractivity contribution in [3.05, 3.63) is 0 Å². The maximum Gasteiger partial charge on any atom is 0.407 e. The Hall–Kier alpha value is -1.61. The SMILES string of the molecule is CC[C@H](C)[C@H](NC(=O)[C@@H](CC(O[Si](C)(C)C(C)(C)C)C(CC(C)C)NC(=O)OC(C)(C)C)C(C)C)C(=O)O. The van der Waals surface area contributed by atoms with Crippen molar-refractivity contribution in [1.29, 1.82) is 0 Å². The molecule has 3 N–H and O–H groups in total. The summed E-state index contributed by atoms with van der Waals surface area (Å²) in [5, 5.41) is 15.5. The molecule has 0 aliphatic heterocycles. The Morgan fingerprint density at radius 2 is 1.42 bits per heavy atom. The topological polar surface area (TPSA) is 114 Å². The highest BCUT2D eigenvalue weighted by atomic mass is 28.4. The number of nitrogens with one attached hydrogen (secondary N) is 2. The number of aliphatic carboxylic acids is 1. The quantitative estimate of drug-likeness (QED) is 0.207. The summed E-state index contributed by atoms with van der Waals surface area (Å²) >= 11 is 0. The smallest absolute Gasteiger partial charge is 0.407 e. The van der Waals surface area contributed by atoms with Gasteiger partial charge in [-0.25, -0.2) is 9.59 Å². The van der Waals surface area contributed by atoms with Gasteiger partial charge >= 0.3 is 12.1 Å². The van der Waals surface area contributed by atoms with Crippen LogP contribution in [0.1, 0.15) is 102 Å². The van der Waals surface area contributed by atoms with E-state index < -0.39 is 44.0 Å². The summed E-state index contributed by atoms with van der Waals surface area (Å²) < 4.78 is 12.5. The van der Waals surface area contributed by atoms with Gasteiger partial charge < -0.3 is 24.9 Å². The Balaban J connectivity index is 6.40. The molecule has 0 aromatic rings. The zero-order valence-electron chi connectivity index (χ0n) is 26.7. The number of carbonyl (C=O) groups is 3. The molecule has 0 aromatic carbocycles. The molecular weight excluding hydrogens is 500 g/mol.